The van der Waals surface area contributed by atoms with Crippen LogP contribution < -0.4 is 11.1 Å². The van der Waals surface area contributed by atoms with Gasteiger partial charge in [0.1, 0.15) is 0 Å². The molecule has 98 valence electrons. The Labute approximate surface area is 109 Å². The third-order valence-corrected chi connectivity index (χ3v) is 3.94. The van der Waals surface area contributed by atoms with E-state index in [0.29, 0.717) is 6.04 Å². The summed E-state index contributed by atoms with van der Waals surface area (Å²) in [4.78, 5) is 6.96. The van der Waals surface area contributed by atoms with Crippen LogP contribution in [0.25, 0.3) is 0 Å². The van der Waals surface area contributed by atoms with Crippen molar-refractivity contribution in [1.29, 1.82) is 0 Å². The lowest BCUT2D eigenvalue weighted by Crippen LogP contribution is -2.34. The molecule has 3 rings (SSSR count). The highest BCUT2D eigenvalue weighted by atomic mass is 15.2. The third kappa shape index (κ3) is 3.00. The molecule has 0 aromatic carbocycles. The van der Waals surface area contributed by atoms with E-state index in [1.54, 1.807) is 6.20 Å². The fourth-order valence-electron chi connectivity index (χ4n) is 2.71. The molecule has 1 saturated carbocycles. The average molecular weight is 246 g/mol. The summed E-state index contributed by atoms with van der Waals surface area (Å²) in [5, 5.41) is 3.64. The van der Waals surface area contributed by atoms with Crippen LogP contribution in [-0.4, -0.2) is 41.6 Å². The molecule has 1 aliphatic carbocycles. The third-order valence-electron chi connectivity index (χ3n) is 3.94. The van der Waals surface area contributed by atoms with Crippen LogP contribution in [0.1, 0.15) is 25.0 Å². The predicted molar refractivity (Wildman–Crippen MR) is 73.4 cm³/mol. The molecule has 1 atom stereocenters. The summed E-state index contributed by atoms with van der Waals surface area (Å²) in [6, 6.07) is 5.53. The highest BCUT2D eigenvalue weighted by molar-refractivity contribution is 5.34. The van der Waals surface area contributed by atoms with Gasteiger partial charge in [-0.05, 0) is 31.4 Å². The summed E-state index contributed by atoms with van der Waals surface area (Å²) >= 11 is 0. The lowest BCUT2D eigenvalue weighted by atomic mass is 10.2. The molecule has 2 aliphatic rings. The molecule has 1 aliphatic heterocycles. The number of hydrogen-bond donors (Lipinski definition) is 2. The second-order valence-electron chi connectivity index (χ2n) is 5.50. The molecular formula is C14H22N4. The molecule has 0 spiro atoms. The number of anilines is 1. The van der Waals surface area contributed by atoms with Crippen LogP contribution in [0.3, 0.4) is 0 Å². The molecule has 2 heterocycles. The summed E-state index contributed by atoms with van der Waals surface area (Å²) in [6.45, 7) is 3.53. The highest BCUT2D eigenvalue weighted by Crippen LogP contribution is 2.29. The van der Waals surface area contributed by atoms with Crippen LogP contribution in [0, 0.1) is 0 Å². The van der Waals surface area contributed by atoms with Gasteiger partial charge in [0.15, 0.2) is 0 Å². The van der Waals surface area contributed by atoms with Crippen LogP contribution in [0.2, 0.25) is 0 Å². The Morgan fingerprint density at radius 3 is 2.94 bits per heavy atom. The van der Waals surface area contributed by atoms with E-state index in [-0.39, 0.29) is 0 Å². The number of nitrogens with one attached hydrogen (secondary N) is 1. The van der Waals surface area contributed by atoms with Crippen LogP contribution in [-0.2, 0) is 6.42 Å². The Bertz CT molecular complexity index is 385. The first-order valence-electron chi connectivity index (χ1n) is 6.99. The zero-order valence-corrected chi connectivity index (χ0v) is 10.8. The average Bonchev–Trinajstić information content (AvgIpc) is 3.12. The van der Waals surface area contributed by atoms with E-state index in [4.69, 9.17) is 5.73 Å². The maximum Gasteiger partial charge on any atom is 0.0501 e. The van der Waals surface area contributed by atoms with Crippen molar-refractivity contribution in [1.82, 2.24) is 15.2 Å². The van der Waals surface area contributed by atoms with Crippen molar-refractivity contribution >= 4 is 5.69 Å². The van der Waals surface area contributed by atoms with Crippen LogP contribution in [0.5, 0.6) is 0 Å². The molecule has 1 saturated heterocycles. The zero-order valence-electron chi connectivity index (χ0n) is 10.8. The maximum atomic E-state index is 5.62. The van der Waals surface area contributed by atoms with E-state index in [1.165, 1.54) is 32.4 Å². The largest absolute Gasteiger partial charge is 0.397 e. The van der Waals surface area contributed by atoms with Crippen molar-refractivity contribution < 1.29 is 0 Å². The fourth-order valence-corrected chi connectivity index (χ4v) is 2.71. The van der Waals surface area contributed by atoms with Gasteiger partial charge in [0, 0.05) is 43.8 Å². The van der Waals surface area contributed by atoms with Crippen molar-refractivity contribution in [2.45, 2.75) is 37.8 Å². The number of hydrogen-bond acceptors (Lipinski definition) is 4. The molecule has 2 fully saturated rings. The predicted octanol–water partition coefficient (Wildman–Crippen LogP) is 1.03. The van der Waals surface area contributed by atoms with E-state index in [9.17, 15) is 0 Å². The quantitative estimate of drug-likeness (QED) is 0.815. The van der Waals surface area contributed by atoms with Gasteiger partial charge in [-0.15, -0.1) is 0 Å². The smallest absolute Gasteiger partial charge is 0.0501 e. The number of nitrogens with two attached hydrogens (primary N) is 1. The van der Waals surface area contributed by atoms with Crippen LogP contribution in [0.15, 0.2) is 18.3 Å². The molecule has 0 bridgehead atoms. The summed E-state index contributed by atoms with van der Waals surface area (Å²) in [6.07, 6.45) is 6.86. The van der Waals surface area contributed by atoms with Gasteiger partial charge in [0.05, 0.1) is 11.9 Å². The number of nitrogen functional groups attached to an aromatic ring is 1. The van der Waals surface area contributed by atoms with E-state index in [2.05, 4.69) is 15.2 Å². The number of pyridine rings is 1. The van der Waals surface area contributed by atoms with Gasteiger partial charge in [-0.2, -0.15) is 0 Å². The van der Waals surface area contributed by atoms with Crippen LogP contribution >= 0.6 is 0 Å². The summed E-state index contributed by atoms with van der Waals surface area (Å²) in [5.41, 5.74) is 7.48. The number of nitrogens with zero attached hydrogens (tertiary/aromatic N) is 2. The lowest BCUT2D eigenvalue weighted by Gasteiger charge is -2.15. The van der Waals surface area contributed by atoms with Gasteiger partial charge in [-0.1, -0.05) is 0 Å². The minimum Gasteiger partial charge on any atom is -0.397 e. The number of likely N-dealkylation sites (tertiary alicyclic amines) is 1. The second kappa shape index (κ2) is 5.24. The zero-order chi connectivity index (χ0) is 12.4. The molecule has 4 heteroatoms. The minimum absolute atomic E-state index is 0.680. The van der Waals surface area contributed by atoms with Gasteiger partial charge in [-0.3, -0.25) is 9.88 Å². The Balaban J connectivity index is 1.38. The van der Waals surface area contributed by atoms with Crippen molar-refractivity contribution in [3.8, 4) is 0 Å². The number of aromatic nitrogens is 1. The standard InChI is InChI=1S/C14H22N4/c15-11-1-2-12(17-9-11)5-7-16-13-6-8-18(10-13)14-3-4-14/h1-2,9,13-14,16H,3-8,10,15H2. The van der Waals surface area contributed by atoms with Crippen molar-refractivity contribution in [2.75, 3.05) is 25.4 Å². The first-order chi connectivity index (χ1) is 8.81. The molecule has 1 unspecified atom stereocenters. The maximum absolute atomic E-state index is 5.62. The molecule has 18 heavy (non-hydrogen) atoms. The topological polar surface area (TPSA) is 54.2 Å². The van der Waals surface area contributed by atoms with Gasteiger partial charge in [-0.25, -0.2) is 0 Å². The first-order valence-corrected chi connectivity index (χ1v) is 6.99. The minimum atomic E-state index is 0.680. The summed E-state index contributed by atoms with van der Waals surface area (Å²) < 4.78 is 0. The van der Waals surface area contributed by atoms with Gasteiger partial charge in [0.2, 0.25) is 0 Å². The van der Waals surface area contributed by atoms with Gasteiger partial charge in [0.25, 0.3) is 0 Å². The van der Waals surface area contributed by atoms with Crippen molar-refractivity contribution in [3.05, 3.63) is 24.0 Å². The Morgan fingerprint density at radius 2 is 2.22 bits per heavy atom. The lowest BCUT2D eigenvalue weighted by molar-refractivity contribution is 0.318. The van der Waals surface area contributed by atoms with E-state index in [1.807, 2.05) is 12.1 Å². The van der Waals surface area contributed by atoms with E-state index < -0.39 is 0 Å². The summed E-state index contributed by atoms with van der Waals surface area (Å²) in [7, 11) is 0. The molecule has 1 aromatic heterocycles. The fraction of sp³-hybridized carbons (Fsp3) is 0.643. The van der Waals surface area contributed by atoms with E-state index >= 15 is 0 Å². The van der Waals surface area contributed by atoms with E-state index in [0.717, 1.165) is 30.4 Å². The molecular weight excluding hydrogens is 224 g/mol. The van der Waals surface area contributed by atoms with Crippen molar-refractivity contribution in [2.24, 2.45) is 0 Å². The van der Waals surface area contributed by atoms with Gasteiger partial charge >= 0.3 is 0 Å². The molecule has 0 amide bonds. The van der Waals surface area contributed by atoms with Crippen LogP contribution in [0.4, 0.5) is 5.69 Å². The first kappa shape index (κ1) is 11.9. The second-order valence-corrected chi connectivity index (χ2v) is 5.50. The SMILES string of the molecule is Nc1ccc(CCNC2CCN(C3CC3)C2)nc1. The summed E-state index contributed by atoms with van der Waals surface area (Å²) in [5.74, 6) is 0. The van der Waals surface area contributed by atoms with Gasteiger partial charge < -0.3 is 11.1 Å². The monoisotopic (exact) mass is 246 g/mol. The molecule has 4 nitrogen and oxygen atoms in total. The Kier molecular flexibility index (Phi) is 3.48. The number of rotatable bonds is 5. The Hall–Kier alpha value is -1.13. The molecule has 1 aromatic rings. The van der Waals surface area contributed by atoms with Crippen molar-refractivity contribution in [3.63, 3.8) is 0 Å². The normalized spacial score (nSPS) is 24.6. The molecule has 3 N–H and O–H groups in total. The molecule has 0 radical (unpaired) electrons. The highest BCUT2D eigenvalue weighted by Gasteiger charge is 2.33. The Morgan fingerprint density at radius 1 is 1.33 bits per heavy atom.